The lowest BCUT2D eigenvalue weighted by atomic mass is 9.82. The van der Waals surface area contributed by atoms with E-state index in [4.69, 9.17) is 23.0 Å². The van der Waals surface area contributed by atoms with Gasteiger partial charge in [-0.2, -0.15) is 0 Å². The normalized spacial score (nSPS) is 20.3. The predicted octanol–water partition coefficient (Wildman–Crippen LogP) is 8.44. The van der Waals surface area contributed by atoms with Gasteiger partial charge in [0.25, 0.3) is 11.8 Å². The van der Waals surface area contributed by atoms with E-state index in [1.54, 1.807) is 26.5 Å². The number of benzene rings is 4. The molecule has 24 nitrogen and oxygen atoms in total. The van der Waals surface area contributed by atoms with E-state index in [0.717, 1.165) is 96.4 Å². The molecule has 6 fully saturated rings. The van der Waals surface area contributed by atoms with Gasteiger partial charge in [-0.25, -0.2) is 28.8 Å². The number of oxazole rings is 2. The van der Waals surface area contributed by atoms with Crippen LogP contribution < -0.4 is 22.5 Å². The van der Waals surface area contributed by atoms with Crippen molar-refractivity contribution in [1.82, 2.24) is 48.9 Å². The first-order chi connectivity index (χ1) is 44.6. The summed E-state index contributed by atoms with van der Waals surface area (Å²) in [6.45, 7) is 12.2. The van der Waals surface area contributed by atoms with E-state index >= 15 is 0 Å². The van der Waals surface area contributed by atoms with E-state index in [1.807, 2.05) is 84.3 Å². The van der Waals surface area contributed by atoms with Gasteiger partial charge in [0.2, 0.25) is 0 Å². The number of aryl methyl sites for hydroxylation is 2. The number of aromatic nitrogens is 4. The molecule has 0 aliphatic carbocycles. The number of hydrogen-bond donors (Lipinski definition) is 4. The Morgan fingerprint density at radius 3 is 1.51 bits per heavy atom. The molecule has 0 bridgehead atoms. The monoisotopic (exact) mass is 1260 g/mol. The summed E-state index contributed by atoms with van der Waals surface area (Å²) in [7, 11) is 0. The van der Waals surface area contributed by atoms with Gasteiger partial charge in [-0.3, -0.25) is 29.4 Å². The molecule has 14 rings (SSSR count). The van der Waals surface area contributed by atoms with Crippen molar-refractivity contribution >= 4 is 69.0 Å². The van der Waals surface area contributed by atoms with E-state index in [2.05, 4.69) is 30.1 Å². The molecule has 2 unspecified atom stereocenters. The van der Waals surface area contributed by atoms with Gasteiger partial charge in [-0.05, 0) is 157 Å². The number of amides is 5. The number of carbonyl (C=O) groups is 5. The van der Waals surface area contributed by atoms with Crippen LogP contribution in [-0.4, -0.2) is 182 Å². The quantitative estimate of drug-likeness (QED) is 0.0885. The average molecular weight is 1260 g/mol. The number of ether oxygens (including phenoxy) is 3. The number of H-pyrrole nitrogens is 3. The molecule has 5 amide bonds. The molecule has 6 saturated heterocycles. The summed E-state index contributed by atoms with van der Waals surface area (Å²) in [5, 5.41) is 2.76. The fourth-order valence-corrected chi connectivity index (χ4v) is 15.4. The SMILES string of the molecule is Cc1cc(CC(OC(=O)N2CCC(n3c(=O)[nH]c4ccccc43)CC2)C(=O)N2CCC(N3CCCCC3)CC2)cc2oc(=O)[nH]c12.Cc1cc(CC(OC(=O)N2CCC3(CC2)OC(=O)Nc2ccccc23)C(=O)N2CCC(N3CCCCC3)CC2)cc2oc(=O)[nH]c12. The second-order valence-electron chi connectivity index (χ2n) is 26.1. The molecular weight excluding hydrogens is 1180 g/mol. The molecule has 7 aliphatic rings. The average Bonchev–Trinajstić information content (AvgIpc) is 1.02. The van der Waals surface area contributed by atoms with Crippen molar-refractivity contribution in [2.24, 2.45) is 0 Å². The maximum Gasteiger partial charge on any atom is 0.417 e. The number of nitrogens with one attached hydrogen (secondary N) is 4. The molecule has 1 spiro atoms. The number of aromatic amines is 3. The number of piperidine rings is 6. The van der Waals surface area contributed by atoms with Gasteiger partial charge in [0.05, 0.1) is 27.8 Å². The van der Waals surface area contributed by atoms with Crippen molar-refractivity contribution < 1.29 is 47.0 Å². The summed E-state index contributed by atoms with van der Waals surface area (Å²) < 4.78 is 30.3. The second kappa shape index (κ2) is 26.9. The highest BCUT2D eigenvalue weighted by Gasteiger charge is 2.46. The molecule has 0 radical (unpaired) electrons. The van der Waals surface area contributed by atoms with Crippen molar-refractivity contribution in [2.75, 3.05) is 83.9 Å². The minimum Gasteiger partial charge on any atom is -0.438 e. The van der Waals surface area contributed by atoms with Gasteiger partial charge in [-0.15, -0.1) is 0 Å². The Morgan fingerprint density at radius 1 is 0.533 bits per heavy atom. The molecule has 10 heterocycles. The summed E-state index contributed by atoms with van der Waals surface area (Å²) >= 11 is 0. The van der Waals surface area contributed by atoms with Crippen LogP contribution in [0, 0.1) is 13.8 Å². The van der Waals surface area contributed by atoms with Crippen molar-refractivity contribution in [3.05, 3.63) is 132 Å². The van der Waals surface area contributed by atoms with Crippen LogP contribution in [0.25, 0.3) is 33.2 Å². The molecule has 488 valence electrons. The van der Waals surface area contributed by atoms with E-state index in [-0.39, 0.29) is 36.4 Å². The summed E-state index contributed by atoms with van der Waals surface area (Å²) in [5.74, 6) is -1.49. The maximum absolute atomic E-state index is 14.0. The number of carbonyl (C=O) groups excluding carboxylic acids is 5. The Hall–Kier alpha value is -8.64. The number of nitrogens with zero attached hydrogens (tertiary/aromatic N) is 7. The lowest BCUT2D eigenvalue weighted by Crippen LogP contribution is -2.53. The van der Waals surface area contributed by atoms with Gasteiger partial charge in [0.1, 0.15) is 5.60 Å². The minimum atomic E-state index is -1.05. The van der Waals surface area contributed by atoms with Crippen LogP contribution >= 0.6 is 0 Å². The maximum atomic E-state index is 14.0. The summed E-state index contributed by atoms with van der Waals surface area (Å²) in [5.41, 5.74) is 7.42. The Kier molecular flexibility index (Phi) is 18.2. The smallest absolute Gasteiger partial charge is 0.417 e. The Morgan fingerprint density at radius 2 is 0.989 bits per heavy atom. The van der Waals surface area contributed by atoms with Crippen molar-refractivity contribution in [2.45, 2.75) is 153 Å². The van der Waals surface area contributed by atoms with Crippen molar-refractivity contribution in [1.29, 1.82) is 0 Å². The summed E-state index contributed by atoms with van der Waals surface area (Å²) in [4.78, 5) is 124. The largest absolute Gasteiger partial charge is 0.438 e. The molecule has 7 aromatic rings. The third-order valence-corrected chi connectivity index (χ3v) is 20.3. The van der Waals surface area contributed by atoms with Crippen molar-refractivity contribution in [3.63, 3.8) is 0 Å². The number of hydrogen-bond acceptors (Lipinski definition) is 15. The molecule has 0 saturated carbocycles. The molecule has 24 heteroatoms. The van der Waals surface area contributed by atoms with E-state index in [0.29, 0.717) is 112 Å². The predicted molar refractivity (Wildman–Crippen MR) is 343 cm³/mol. The third kappa shape index (κ3) is 13.4. The van der Waals surface area contributed by atoms with Gasteiger partial charge in [-0.1, -0.05) is 55.3 Å². The highest BCUT2D eigenvalue weighted by molar-refractivity contribution is 5.89. The zero-order chi connectivity index (χ0) is 63.6. The number of rotatable bonds is 11. The highest BCUT2D eigenvalue weighted by Crippen LogP contribution is 2.44. The van der Waals surface area contributed by atoms with Crippen LogP contribution in [0.2, 0.25) is 0 Å². The Balaban J connectivity index is 0.000000168. The van der Waals surface area contributed by atoms with E-state index in [9.17, 15) is 38.4 Å². The zero-order valence-corrected chi connectivity index (χ0v) is 52.6. The first-order valence-corrected chi connectivity index (χ1v) is 33.1. The van der Waals surface area contributed by atoms with Crippen LogP contribution in [0.15, 0.2) is 96.0 Å². The minimum absolute atomic E-state index is 0.0444. The van der Waals surface area contributed by atoms with Crippen LogP contribution in [-0.2, 0) is 42.2 Å². The third-order valence-electron chi connectivity index (χ3n) is 20.3. The van der Waals surface area contributed by atoms with Crippen LogP contribution in [0.5, 0.6) is 0 Å². The molecule has 4 aromatic carbocycles. The Labute approximate surface area is 531 Å². The Bertz CT molecular complexity index is 4020. The fourth-order valence-electron chi connectivity index (χ4n) is 15.4. The van der Waals surface area contributed by atoms with Gasteiger partial charge < -0.3 is 57.4 Å². The lowest BCUT2D eigenvalue weighted by Gasteiger charge is -2.44. The molecule has 3 aromatic heterocycles. The molecule has 4 N–H and O–H groups in total. The van der Waals surface area contributed by atoms with Crippen LogP contribution in [0.3, 0.4) is 0 Å². The van der Waals surface area contributed by atoms with Crippen LogP contribution in [0.4, 0.5) is 20.1 Å². The van der Waals surface area contributed by atoms with E-state index < -0.39 is 47.6 Å². The fraction of sp³-hybridized carbons (Fsp3) is 0.529. The molecule has 2 atom stereocenters. The zero-order valence-electron chi connectivity index (χ0n) is 52.6. The van der Waals surface area contributed by atoms with Gasteiger partial charge >= 0.3 is 35.5 Å². The standard InChI is InChI=1S/C34H42N6O6.C34H41N5O7/c1-22-19-23(20-28-30(22)36-33(43)45-28)21-29(31(41)38-15-9-24(10-16-38)37-13-5-2-6-14-37)46-34(44)39-17-11-25(12-18-39)40-27-8-4-3-7-26(27)35-32(40)42;1-22-19-23(20-27-29(22)36-31(41)44-27)21-28(30(40)38-15-9-24(10-16-38)37-13-5-2-6-14-37)45-33(43)39-17-11-34(12-18-39)25-7-3-4-8-26(25)35-32(42)46-34/h3-4,7-8,19-20,24-25,29H,2,5-6,9-18,21H2,1H3,(H,35,42)(H,36,43);3-4,7-8,19-20,24,28H,2,5-6,9-18,21H2,1H3,(H,35,42)(H,36,41). The molecule has 7 aliphatic heterocycles. The summed E-state index contributed by atoms with van der Waals surface area (Å²) in [6, 6.07) is 23.3. The van der Waals surface area contributed by atoms with Crippen molar-refractivity contribution in [3.8, 4) is 0 Å². The van der Waals surface area contributed by atoms with E-state index in [1.165, 1.54) is 38.5 Å². The first kappa shape index (κ1) is 62.2. The first-order valence-electron chi connectivity index (χ1n) is 33.1. The number of imidazole rings is 1. The lowest BCUT2D eigenvalue weighted by molar-refractivity contribution is -0.143. The van der Waals surface area contributed by atoms with Crippen LogP contribution in [0.1, 0.15) is 124 Å². The summed E-state index contributed by atoms with van der Waals surface area (Å²) in [6.07, 6.45) is 9.79. The van der Waals surface area contributed by atoms with Gasteiger partial charge in [0.15, 0.2) is 23.4 Å². The molecule has 92 heavy (non-hydrogen) atoms. The molecular formula is C68H83N11O13. The number of anilines is 1. The number of likely N-dealkylation sites (tertiary alicyclic amines) is 6. The topological polar surface area (TPSA) is 274 Å². The number of fused-ring (bicyclic) bond motifs is 5. The second-order valence-corrected chi connectivity index (χ2v) is 26.1. The highest BCUT2D eigenvalue weighted by atomic mass is 16.6. The van der Waals surface area contributed by atoms with Gasteiger partial charge in [0, 0.05) is 102 Å². The number of para-hydroxylation sites is 3.